The molecule has 0 aromatic heterocycles. The van der Waals surface area contributed by atoms with E-state index in [0.29, 0.717) is 19.4 Å². The van der Waals surface area contributed by atoms with Crippen molar-refractivity contribution in [2.24, 2.45) is 23.5 Å². The minimum absolute atomic E-state index is 0.119. The molecule has 4 N–H and O–H groups in total. The number of aliphatic hydroxyl groups excluding tert-OH is 1. The molecule has 1 aliphatic carbocycles. The van der Waals surface area contributed by atoms with Gasteiger partial charge in [-0.1, -0.05) is 50.5 Å². The van der Waals surface area contributed by atoms with Crippen molar-refractivity contribution in [3.8, 4) is 0 Å². The lowest BCUT2D eigenvalue weighted by molar-refractivity contribution is -0.140. The van der Waals surface area contributed by atoms with Gasteiger partial charge in [0.2, 0.25) is 0 Å². The lowest BCUT2D eigenvalue weighted by Gasteiger charge is -2.24. The number of aliphatic hydroxyl groups is 2. The van der Waals surface area contributed by atoms with Crippen molar-refractivity contribution in [2.45, 2.75) is 83.3 Å². The van der Waals surface area contributed by atoms with Crippen molar-refractivity contribution in [3.63, 3.8) is 0 Å². The summed E-state index contributed by atoms with van der Waals surface area (Å²) in [4.78, 5) is 11.1. The standard InChI is InChI=1S/C23H41NO4/c1-4-5-10-14-23(2,27)15-13-19-18(17-24)16-21(25)20(19)11-8-6-7-9-12-22(26)28-3/h6,8,13,15,18-21,25,27H,4-5,7,9-12,14,16-17,24H2,1-3H3/b8-6-,15-13+/t18-,19-,20+,21+,23?/m0/s1. The summed E-state index contributed by atoms with van der Waals surface area (Å²) < 4.78 is 4.64. The third-order valence-electron chi connectivity index (χ3n) is 5.90. The van der Waals surface area contributed by atoms with Gasteiger partial charge in [-0.25, -0.2) is 0 Å². The molecule has 0 aliphatic heterocycles. The van der Waals surface area contributed by atoms with Crippen LogP contribution in [0, 0.1) is 17.8 Å². The summed E-state index contributed by atoms with van der Waals surface area (Å²) in [5.74, 6) is 0.363. The zero-order valence-electron chi connectivity index (χ0n) is 18.0. The monoisotopic (exact) mass is 395 g/mol. The first-order chi connectivity index (χ1) is 13.3. The normalized spacial score (nSPS) is 27.5. The van der Waals surface area contributed by atoms with Crippen LogP contribution < -0.4 is 5.73 Å². The molecule has 28 heavy (non-hydrogen) atoms. The maximum Gasteiger partial charge on any atom is 0.305 e. The molecule has 0 amide bonds. The Kier molecular flexibility index (Phi) is 11.7. The number of allylic oxidation sites excluding steroid dienone is 3. The predicted octanol–water partition coefficient (Wildman–Crippen LogP) is 3.74. The Bertz CT molecular complexity index is 501. The lowest BCUT2D eigenvalue weighted by Crippen LogP contribution is -2.25. The molecule has 162 valence electrons. The zero-order chi connectivity index (χ0) is 21.0. The number of ether oxygens (including phenoxy) is 1. The molecule has 0 aromatic carbocycles. The van der Waals surface area contributed by atoms with Gasteiger partial charge in [0.15, 0.2) is 0 Å². The summed E-state index contributed by atoms with van der Waals surface area (Å²) in [5.41, 5.74) is 5.14. The summed E-state index contributed by atoms with van der Waals surface area (Å²) in [6.45, 7) is 4.56. The van der Waals surface area contributed by atoms with Crippen LogP contribution in [0.4, 0.5) is 0 Å². The van der Waals surface area contributed by atoms with E-state index in [4.69, 9.17) is 5.73 Å². The van der Waals surface area contributed by atoms with Crippen LogP contribution in [0.5, 0.6) is 0 Å². The van der Waals surface area contributed by atoms with Crippen molar-refractivity contribution in [2.75, 3.05) is 13.7 Å². The third-order valence-corrected chi connectivity index (χ3v) is 5.90. The highest BCUT2D eigenvalue weighted by Gasteiger charge is 2.39. The summed E-state index contributed by atoms with van der Waals surface area (Å²) in [5, 5.41) is 21.1. The van der Waals surface area contributed by atoms with Crippen LogP contribution in [0.2, 0.25) is 0 Å². The Morgan fingerprint density at radius 2 is 2.04 bits per heavy atom. The van der Waals surface area contributed by atoms with Crippen LogP contribution in [-0.4, -0.2) is 41.5 Å². The number of rotatable bonds is 13. The summed E-state index contributed by atoms with van der Waals surface area (Å²) in [7, 11) is 1.41. The van der Waals surface area contributed by atoms with Gasteiger partial charge in [0, 0.05) is 6.42 Å². The highest BCUT2D eigenvalue weighted by atomic mass is 16.5. The Balaban J connectivity index is 2.62. The van der Waals surface area contributed by atoms with Crippen LogP contribution >= 0.6 is 0 Å². The van der Waals surface area contributed by atoms with Crippen LogP contribution in [0.1, 0.15) is 71.6 Å². The van der Waals surface area contributed by atoms with E-state index < -0.39 is 5.60 Å². The fourth-order valence-electron chi connectivity index (χ4n) is 4.09. The Labute approximate surface area is 171 Å². The quantitative estimate of drug-likeness (QED) is 0.251. The highest BCUT2D eigenvalue weighted by molar-refractivity contribution is 5.69. The molecule has 5 heteroatoms. The van der Waals surface area contributed by atoms with E-state index in [9.17, 15) is 15.0 Å². The number of methoxy groups -OCH3 is 1. The Morgan fingerprint density at radius 3 is 2.68 bits per heavy atom. The molecule has 1 fully saturated rings. The lowest BCUT2D eigenvalue weighted by atomic mass is 9.84. The molecule has 0 heterocycles. The Morgan fingerprint density at radius 1 is 1.29 bits per heavy atom. The first-order valence-electron chi connectivity index (χ1n) is 10.9. The molecular weight excluding hydrogens is 354 g/mol. The molecule has 0 saturated heterocycles. The summed E-state index contributed by atoms with van der Waals surface area (Å²) in [6, 6.07) is 0. The maximum absolute atomic E-state index is 11.1. The summed E-state index contributed by atoms with van der Waals surface area (Å²) in [6.07, 6.45) is 15.4. The molecule has 1 aliphatic rings. The van der Waals surface area contributed by atoms with Gasteiger partial charge < -0.3 is 20.7 Å². The minimum atomic E-state index is -0.809. The van der Waals surface area contributed by atoms with Gasteiger partial charge >= 0.3 is 5.97 Å². The number of carbonyl (C=O) groups is 1. The SMILES string of the molecule is CCCCCC(C)(O)/C=C/[C@H]1[C@H](CN)C[C@@H](O)[C@@H]1C/C=C\CCCC(=O)OC. The van der Waals surface area contributed by atoms with Crippen molar-refractivity contribution in [3.05, 3.63) is 24.3 Å². The van der Waals surface area contributed by atoms with E-state index >= 15 is 0 Å². The molecule has 0 aromatic rings. The van der Waals surface area contributed by atoms with Gasteiger partial charge in [0.25, 0.3) is 0 Å². The average Bonchev–Trinajstić information content (AvgIpc) is 2.97. The summed E-state index contributed by atoms with van der Waals surface area (Å²) >= 11 is 0. The zero-order valence-corrected chi connectivity index (χ0v) is 18.0. The first kappa shape index (κ1) is 24.9. The second kappa shape index (κ2) is 13.1. The van der Waals surface area contributed by atoms with Crippen molar-refractivity contribution in [1.82, 2.24) is 0 Å². The van der Waals surface area contributed by atoms with E-state index in [0.717, 1.165) is 44.9 Å². The molecule has 5 atom stereocenters. The number of esters is 1. The fraction of sp³-hybridized carbons (Fsp3) is 0.783. The molecule has 0 radical (unpaired) electrons. The van der Waals surface area contributed by atoms with E-state index in [1.165, 1.54) is 7.11 Å². The van der Waals surface area contributed by atoms with E-state index in [-0.39, 0.29) is 29.8 Å². The third kappa shape index (κ3) is 8.89. The van der Waals surface area contributed by atoms with Crippen molar-refractivity contribution < 1.29 is 19.7 Å². The van der Waals surface area contributed by atoms with Gasteiger partial charge in [-0.05, 0) is 63.3 Å². The number of unbranched alkanes of at least 4 members (excludes halogenated alkanes) is 3. The molecule has 0 spiro atoms. The fourth-order valence-corrected chi connectivity index (χ4v) is 4.09. The van der Waals surface area contributed by atoms with Gasteiger partial charge in [-0.2, -0.15) is 0 Å². The minimum Gasteiger partial charge on any atom is -0.469 e. The Hall–Kier alpha value is -1.17. The average molecular weight is 396 g/mol. The van der Waals surface area contributed by atoms with Crippen molar-refractivity contribution in [1.29, 1.82) is 0 Å². The molecule has 1 saturated carbocycles. The number of carbonyl (C=O) groups excluding carboxylic acids is 1. The highest BCUT2D eigenvalue weighted by Crippen LogP contribution is 2.40. The second-order valence-electron chi connectivity index (χ2n) is 8.39. The van der Waals surface area contributed by atoms with Gasteiger partial charge in [0.1, 0.15) is 0 Å². The van der Waals surface area contributed by atoms with E-state index in [2.05, 4.69) is 29.9 Å². The van der Waals surface area contributed by atoms with Gasteiger partial charge in [-0.15, -0.1) is 0 Å². The van der Waals surface area contributed by atoms with E-state index in [1.54, 1.807) is 0 Å². The molecule has 5 nitrogen and oxygen atoms in total. The van der Waals surface area contributed by atoms with Gasteiger partial charge in [0.05, 0.1) is 18.8 Å². The van der Waals surface area contributed by atoms with Crippen LogP contribution in [0.25, 0.3) is 0 Å². The molecule has 0 bridgehead atoms. The number of nitrogens with two attached hydrogens (primary N) is 1. The van der Waals surface area contributed by atoms with E-state index in [1.807, 2.05) is 13.0 Å². The van der Waals surface area contributed by atoms with Gasteiger partial charge in [-0.3, -0.25) is 4.79 Å². The topological polar surface area (TPSA) is 92.8 Å². The molecule has 1 unspecified atom stereocenters. The largest absolute Gasteiger partial charge is 0.469 e. The predicted molar refractivity (Wildman–Crippen MR) is 114 cm³/mol. The van der Waals surface area contributed by atoms with Crippen molar-refractivity contribution >= 4 is 5.97 Å². The smallest absolute Gasteiger partial charge is 0.305 e. The second-order valence-corrected chi connectivity index (χ2v) is 8.39. The van der Waals surface area contributed by atoms with Crippen LogP contribution in [-0.2, 0) is 9.53 Å². The van der Waals surface area contributed by atoms with Crippen LogP contribution in [0.3, 0.4) is 0 Å². The number of hydrogen-bond acceptors (Lipinski definition) is 5. The van der Waals surface area contributed by atoms with Crippen LogP contribution in [0.15, 0.2) is 24.3 Å². The molecule has 1 rings (SSSR count). The molecular formula is C23H41NO4. The maximum atomic E-state index is 11.1. The first-order valence-corrected chi connectivity index (χ1v) is 10.9. The number of hydrogen-bond donors (Lipinski definition) is 3.